The first-order valence-corrected chi connectivity index (χ1v) is 7.53. The van der Waals surface area contributed by atoms with E-state index in [0.717, 1.165) is 0 Å². The van der Waals surface area contributed by atoms with Crippen LogP contribution in [0.4, 0.5) is 13.2 Å². The van der Waals surface area contributed by atoms with Crippen LogP contribution in [0.2, 0.25) is 0 Å². The second-order valence-corrected chi connectivity index (χ2v) is 6.21. The molecule has 6 nitrogen and oxygen atoms in total. The quantitative estimate of drug-likeness (QED) is 0.884. The van der Waals surface area contributed by atoms with Crippen molar-refractivity contribution in [2.75, 3.05) is 20.1 Å². The van der Waals surface area contributed by atoms with E-state index in [1.54, 1.807) is 11.4 Å². The summed E-state index contributed by atoms with van der Waals surface area (Å²) in [5.41, 5.74) is 0.314. The summed E-state index contributed by atoms with van der Waals surface area (Å²) in [5.74, 6) is -0.859. The summed E-state index contributed by atoms with van der Waals surface area (Å²) in [6, 6.07) is 6.03. The maximum atomic E-state index is 12.0. The van der Waals surface area contributed by atoms with Crippen molar-refractivity contribution in [2.24, 2.45) is 4.40 Å². The molecule has 1 aromatic rings. The van der Waals surface area contributed by atoms with Crippen LogP contribution in [0.25, 0.3) is 0 Å². The van der Waals surface area contributed by atoms with Gasteiger partial charge < -0.3 is 10.2 Å². The fourth-order valence-electron chi connectivity index (χ4n) is 1.91. The number of carbonyl (C=O) groups excluding carboxylic acids is 1. The first-order valence-electron chi connectivity index (χ1n) is 6.09. The first kappa shape index (κ1) is 16.3. The fraction of sp³-hybridized carbons (Fsp3) is 0.333. The van der Waals surface area contributed by atoms with Gasteiger partial charge >= 0.3 is 6.18 Å². The summed E-state index contributed by atoms with van der Waals surface area (Å²) in [6.07, 6.45) is -4.50. The van der Waals surface area contributed by atoms with Gasteiger partial charge in [-0.2, -0.15) is 21.6 Å². The molecule has 10 heteroatoms. The van der Waals surface area contributed by atoms with E-state index in [1.165, 1.54) is 30.1 Å². The van der Waals surface area contributed by atoms with Gasteiger partial charge in [-0.15, -0.1) is 4.40 Å². The Balaban J connectivity index is 2.11. The van der Waals surface area contributed by atoms with E-state index in [2.05, 4.69) is 4.40 Å². The number of hydrogen-bond donors (Lipinski definition) is 1. The van der Waals surface area contributed by atoms with Crippen LogP contribution in [-0.2, 0) is 14.8 Å². The topological polar surface area (TPSA) is 78.8 Å². The number of nitrogens with one attached hydrogen (secondary N) is 1. The molecule has 0 bridgehead atoms. The van der Waals surface area contributed by atoms with E-state index in [0.29, 0.717) is 5.56 Å². The smallest absolute Gasteiger partial charge is 0.349 e. The summed E-state index contributed by atoms with van der Waals surface area (Å²) in [7, 11) is -2.46. The lowest BCUT2D eigenvalue weighted by Crippen LogP contribution is -2.41. The molecule has 0 saturated carbocycles. The van der Waals surface area contributed by atoms with Crippen LogP contribution in [0.3, 0.4) is 0 Å². The summed E-state index contributed by atoms with van der Waals surface area (Å²) in [6.45, 7) is -1.89. The van der Waals surface area contributed by atoms with Crippen LogP contribution in [0.15, 0.2) is 33.6 Å². The largest absolute Gasteiger partial charge is 0.405 e. The number of carbonyl (C=O) groups is 1. The minimum Gasteiger partial charge on any atom is -0.349 e. The lowest BCUT2D eigenvalue weighted by atomic mass is 10.2. The van der Waals surface area contributed by atoms with Gasteiger partial charge in [-0.25, -0.2) is 0 Å². The molecule has 0 aliphatic carbocycles. The van der Waals surface area contributed by atoms with Crippen LogP contribution < -0.4 is 5.32 Å². The van der Waals surface area contributed by atoms with Crippen molar-refractivity contribution >= 4 is 21.8 Å². The molecule has 2 rings (SSSR count). The molecular weight excluding hydrogens is 323 g/mol. The van der Waals surface area contributed by atoms with Gasteiger partial charge in [0.1, 0.15) is 11.4 Å². The Labute approximate surface area is 124 Å². The number of amides is 1. The third kappa shape index (κ3) is 3.56. The number of nitrogens with zero attached hydrogens (tertiary/aromatic N) is 2. The molecule has 22 heavy (non-hydrogen) atoms. The van der Waals surface area contributed by atoms with Gasteiger partial charge in [0.15, 0.2) is 5.84 Å². The SMILES string of the molecule is CN(CC(=O)NCC(F)(F)F)C1=NS(=O)(=O)c2ccccc21. The molecule has 1 aliphatic heterocycles. The molecule has 0 saturated heterocycles. The Hall–Kier alpha value is -2.10. The minimum atomic E-state index is -4.50. The van der Waals surface area contributed by atoms with Gasteiger partial charge in [-0.1, -0.05) is 12.1 Å². The van der Waals surface area contributed by atoms with E-state index in [1.807, 2.05) is 0 Å². The zero-order valence-electron chi connectivity index (χ0n) is 11.4. The number of amidine groups is 1. The Morgan fingerprint density at radius 1 is 1.32 bits per heavy atom. The molecule has 0 spiro atoms. The van der Waals surface area contributed by atoms with E-state index < -0.39 is 35.2 Å². The predicted molar refractivity (Wildman–Crippen MR) is 71.9 cm³/mol. The summed E-state index contributed by atoms with van der Waals surface area (Å²) in [4.78, 5) is 12.7. The average Bonchev–Trinajstić information content (AvgIpc) is 2.69. The van der Waals surface area contributed by atoms with Crippen molar-refractivity contribution < 1.29 is 26.4 Å². The van der Waals surface area contributed by atoms with Crippen molar-refractivity contribution in [1.82, 2.24) is 10.2 Å². The molecule has 0 radical (unpaired) electrons. The van der Waals surface area contributed by atoms with Gasteiger partial charge in [0.2, 0.25) is 5.91 Å². The second kappa shape index (κ2) is 5.59. The molecule has 0 atom stereocenters. The van der Waals surface area contributed by atoms with E-state index >= 15 is 0 Å². The Bertz CT molecular complexity index is 729. The minimum absolute atomic E-state index is 0.00699. The monoisotopic (exact) mass is 335 g/mol. The standard InChI is InChI=1S/C12H12F3N3O3S/c1-18(6-10(19)16-7-12(13,14)15)11-8-4-2-3-5-9(8)22(20,21)17-11/h2-5H,6-7H2,1H3,(H,16,19). The number of likely N-dealkylation sites (N-methyl/N-ethyl adjacent to an activating group) is 1. The third-order valence-electron chi connectivity index (χ3n) is 2.84. The zero-order chi connectivity index (χ0) is 16.5. The Morgan fingerprint density at radius 2 is 1.95 bits per heavy atom. The predicted octanol–water partition coefficient (Wildman–Crippen LogP) is 0.746. The van der Waals surface area contributed by atoms with Gasteiger partial charge in [0.25, 0.3) is 10.0 Å². The molecular formula is C12H12F3N3O3S. The number of rotatable bonds is 3. The highest BCUT2D eigenvalue weighted by Gasteiger charge is 2.32. The number of fused-ring (bicyclic) bond motifs is 1. The number of hydrogen-bond acceptors (Lipinski definition) is 4. The normalized spacial score (nSPS) is 15.9. The number of sulfonamides is 1. The van der Waals surface area contributed by atoms with Crippen LogP contribution >= 0.6 is 0 Å². The molecule has 1 aliphatic rings. The molecule has 1 aromatic carbocycles. The molecule has 1 heterocycles. The van der Waals surface area contributed by atoms with Gasteiger partial charge in [0, 0.05) is 12.6 Å². The van der Waals surface area contributed by atoms with E-state index in [-0.39, 0.29) is 10.7 Å². The summed E-state index contributed by atoms with van der Waals surface area (Å²) >= 11 is 0. The average molecular weight is 335 g/mol. The van der Waals surface area contributed by atoms with Gasteiger partial charge in [0.05, 0.1) is 6.54 Å². The van der Waals surface area contributed by atoms with E-state index in [4.69, 9.17) is 0 Å². The molecule has 0 fully saturated rings. The highest BCUT2D eigenvalue weighted by Crippen LogP contribution is 2.26. The Morgan fingerprint density at radius 3 is 2.59 bits per heavy atom. The first-order chi connectivity index (χ1) is 10.1. The summed E-state index contributed by atoms with van der Waals surface area (Å²) < 4.78 is 63.3. The Kier molecular flexibility index (Phi) is 4.14. The lowest BCUT2D eigenvalue weighted by molar-refractivity contribution is -0.138. The molecule has 1 amide bonds. The van der Waals surface area contributed by atoms with Gasteiger partial charge in [-0.05, 0) is 12.1 Å². The fourth-order valence-corrected chi connectivity index (χ4v) is 3.16. The van der Waals surface area contributed by atoms with Crippen LogP contribution in [-0.4, -0.2) is 51.4 Å². The number of alkyl halides is 3. The van der Waals surface area contributed by atoms with Crippen molar-refractivity contribution in [3.05, 3.63) is 29.8 Å². The van der Waals surface area contributed by atoms with Crippen molar-refractivity contribution in [1.29, 1.82) is 0 Å². The molecule has 0 unspecified atom stereocenters. The molecule has 1 N–H and O–H groups in total. The maximum Gasteiger partial charge on any atom is 0.405 e. The van der Waals surface area contributed by atoms with E-state index in [9.17, 15) is 26.4 Å². The zero-order valence-corrected chi connectivity index (χ0v) is 12.2. The number of benzene rings is 1. The summed E-state index contributed by atoms with van der Waals surface area (Å²) in [5, 5.41) is 1.71. The number of halogens is 3. The van der Waals surface area contributed by atoms with Crippen LogP contribution in [0.1, 0.15) is 5.56 Å². The highest BCUT2D eigenvalue weighted by molar-refractivity contribution is 7.90. The second-order valence-electron chi connectivity index (χ2n) is 4.63. The third-order valence-corrected chi connectivity index (χ3v) is 4.17. The van der Waals surface area contributed by atoms with Crippen LogP contribution in [0, 0.1) is 0 Å². The van der Waals surface area contributed by atoms with Crippen molar-refractivity contribution in [2.45, 2.75) is 11.1 Å². The van der Waals surface area contributed by atoms with Crippen molar-refractivity contribution in [3.8, 4) is 0 Å². The van der Waals surface area contributed by atoms with Gasteiger partial charge in [-0.3, -0.25) is 4.79 Å². The highest BCUT2D eigenvalue weighted by atomic mass is 32.2. The maximum absolute atomic E-state index is 12.0. The molecule has 120 valence electrons. The van der Waals surface area contributed by atoms with Crippen molar-refractivity contribution in [3.63, 3.8) is 0 Å². The lowest BCUT2D eigenvalue weighted by Gasteiger charge is -2.18. The molecule has 0 aromatic heterocycles. The van der Waals surface area contributed by atoms with Crippen LogP contribution in [0.5, 0.6) is 0 Å².